The maximum Gasteiger partial charge on any atom is 0.188 e. The number of hydrogen-bond acceptors (Lipinski definition) is 3. The van der Waals surface area contributed by atoms with E-state index < -0.39 is 5.60 Å². The fourth-order valence-corrected chi connectivity index (χ4v) is 2.32. The van der Waals surface area contributed by atoms with Gasteiger partial charge in [0.15, 0.2) is 5.96 Å². The monoisotopic (exact) mass is 473 g/mol. The molecule has 0 aliphatic carbocycles. The van der Waals surface area contributed by atoms with E-state index in [2.05, 4.69) is 10.3 Å². The van der Waals surface area contributed by atoms with Crippen LogP contribution < -0.4 is 15.8 Å². The first-order valence-electron chi connectivity index (χ1n) is 8.06. The van der Waals surface area contributed by atoms with E-state index in [0.717, 1.165) is 17.7 Å². The molecule has 0 fully saturated rings. The molecule has 0 heterocycles. The van der Waals surface area contributed by atoms with Gasteiger partial charge in [0, 0.05) is 6.54 Å². The highest BCUT2D eigenvalue weighted by Gasteiger charge is 2.22. The molecule has 0 aromatic heterocycles. The Kier molecular flexibility index (Phi) is 8.80. The highest BCUT2D eigenvalue weighted by atomic mass is 127. The van der Waals surface area contributed by atoms with Crippen molar-refractivity contribution in [3.63, 3.8) is 0 Å². The van der Waals surface area contributed by atoms with Crippen molar-refractivity contribution in [2.24, 2.45) is 10.7 Å². The SMILES string of the molecule is COc1ccc(CCNC(N)=NCC(C)(O)c2ccc(F)cc2)cc1.I. The van der Waals surface area contributed by atoms with Crippen molar-refractivity contribution in [3.05, 3.63) is 65.5 Å². The van der Waals surface area contributed by atoms with Crippen molar-refractivity contribution in [2.75, 3.05) is 20.2 Å². The van der Waals surface area contributed by atoms with Gasteiger partial charge >= 0.3 is 0 Å². The van der Waals surface area contributed by atoms with Crippen LogP contribution >= 0.6 is 24.0 Å². The van der Waals surface area contributed by atoms with Gasteiger partial charge in [0.2, 0.25) is 0 Å². The summed E-state index contributed by atoms with van der Waals surface area (Å²) < 4.78 is 18.1. The lowest BCUT2D eigenvalue weighted by molar-refractivity contribution is 0.0672. The number of benzene rings is 2. The first-order valence-corrected chi connectivity index (χ1v) is 8.06. The number of nitrogens with one attached hydrogen (secondary N) is 1. The largest absolute Gasteiger partial charge is 0.497 e. The topological polar surface area (TPSA) is 79.9 Å². The van der Waals surface area contributed by atoms with E-state index in [-0.39, 0.29) is 42.3 Å². The Balaban J connectivity index is 0.00000338. The lowest BCUT2D eigenvalue weighted by Crippen LogP contribution is -2.35. The molecule has 142 valence electrons. The number of rotatable bonds is 7. The van der Waals surface area contributed by atoms with E-state index in [9.17, 15) is 9.50 Å². The fraction of sp³-hybridized carbons (Fsp3) is 0.316. The number of aliphatic imine (C=N–C) groups is 1. The van der Waals surface area contributed by atoms with Crippen LogP contribution in [0.25, 0.3) is 0 Å². The molecule has 0 aliphatic rings. The van der Waals surface area contributed by atoms with E-state index in [0.29, 0.717) is 12.1 Å². The number of halogens is 2. The van der Waals surface area contributed by atoms with Crippen molar-refractivity contribution < 1.29 is 14.2 Å². The lowest BCUT2D eigenvalue weighted by Gasteiger charge is -2.22. The third-order valence-electron chi connectivity index (χ3n) is 3.90. The van der Waals surface area contributed by atoms with Crippen LogP contribution in [0.4, 0.5) is 4.39 Å². The molecule has 7 heteroatoms. The number of methoxy groups -OCH3 is 1. The molecule has 2 aromatic rings. The van der Waals surface area contributed by atoms with E-state index in [1.165, 1.54) is 24.3 Å². The number of hydrogen-bond donors (Lipinski definition) is 3. The molecule has 5 nitrogen and oxygen atoms in total. The zero-order chi connectivity index (χ0) is 18.3. The van der Waals surface area contributed by atoms with Crippen LogP contribution in [0.3, 0.4) is 0 Å². The molecule has 1 atom stereocenters. The fourth-order valence-electron chi connectivity index (χ4n) is 2.32. The van der Waals surface area contributed by atoms with Crippen LogP contribution in [-0.2, 0) is 12.0 Å². The first-order chi connectivity index (χ1) is 11.9. The van der Waals surface area contributed by atoms with Crippen molar-refractivity contribution in [1.82, 2.24) is 5.32 Å². The molecule has 0 saturated heterocycles. The smallest absolute Gasteiger partial charge is 0.188 e. The highest BCUT2D eigenvalue weighted by molar-refractivity contribution is 14.0. The van der Waals surface area contributed by atoms with E-state index >= 15 is 0 Å². The Labute approximate surface area is 170 Å². The molecule has 2 rings (SSSR count). The summed E-state index contributed by atoms with van der Waals surface area (Å²) >= 11 is 0. The molecular formula is C19H25FIN3O2. The summed E-state index contributed by atoms with van der Waals surface area (Å²) in [7, 11) is 1.63. The number of ether oxygens (including phenoxy) is 1. The zero-order valence-corrected chi connectivity index (χ0v) is 17.2. The summed E-state index contributed by atoms with van der Waals surface area (Å²) in [5.41, 5.74) is 6.37. The standard InChI is InChI=1S/C19H24FN3O2.HI/c1-19(24,15-5-7-16(20)8-6-15)13-23-18(21)22-12-11-14-3-9-17(25-2)10-4-14;/h3-10,24H,11-13H2,1-2H3,(H3,21,22,23);1H. The minimum atomic E-state index is -1.21. The maximum atomic E-state index is 13.0. The second kappa shape index (κ2) is 10.3. The average Bonchev–Trinajstić information content (AvgIpc) is 2.61. The van der Waals surface area contributed by atoms with Gasteiger partial charge in [0.1, 0.15) is 17.2 Å². The number of aliphatic hydroxyl groups is 1. The predicted octanol–water partition coefficient (Wildman–Crippen LogP) is 2.81. The Morgan fingerprint density at radius 1 is 1.19 bits per heavy atom. The van der Waals surface area contributed by atoms with Crippen molar-refractivity contribution in [3.8, 4) is 5.75 Å². The second-order valence-corrected chi connectivity index (χ2v) is 6.01. The minimum absolute atomic E-state index is 0. The molecule has 1 unspecified atom stereocenters. The van der Waals surface area contributed by atoms with Crippen molar-refractivity contribution >= 4 is 29.9 Å². The van der Waals surface area contributed by atoms with E-state index in [1.54, 1.807) is 14.0 Å². The third kappa shape index (κ3) is 6.80. The molecule has 0 amide bonds. The Bertz CT molecular complexity index is 704. The molecular weight excluding hydrogens is 448 g/mol. The van der Waals surface area contributed by atoms with Gasteiger partial charge in [0.05, 0.1) is 13.7 Å². The summed E-state index contributed by atoms with van der Waals surface area (Å²) in [5, 5.41) is 13.5. The van der Waals surface area contributed by atoms with Crippen LogP contribution in [0.5, 0.6) is 5.75 Å². The Morgan fingerprint density at radius 3 is 2.38 bits per heavy atom. The van der Waals surface area contributed by atoms with E-state index in [1.807, 2.05) is 24.3 Å². The molecule has 0 radical (unpaired) electrons. The average molecular weight is 473 g/mol. The summed E-state index contributed by atoms with van der Waals surface area (Å²) in [6.07, 6.45) is 0.786. The van der Waals surface area contributed by atoms with Gasteiger partial charge in [-0.2, -0.15) is 0 Å². The van der Waals surface area contributed by atoms with Gasteiger partial charge in [-0.15, -0.1) is 24.0 Å². The minimum Gasteiger partial charge on any atom is -0.497 e. The molecule has 0 spiro atoms. The molecule has 0 aliphatic heterocycles. The molecule has 0 saturated carbocycles. The van der Waals surface area contributed by atoms with Crippen LogP contribution in [0.1, 0.15) is 18.1 Å². The summed E-state index contributed by atoms with van der Waals surface area (Å²) in [6, 6.07) is 13.5. The number of nitrogens with two attached hydrogens (primary N) is 1. The van der Waals surface area contributed by atoms with Crippen LogP contribution in [0.2, 0.25) is 0 Å². The van der Waals surface area contributed by atoms with Crippen LogP contribution in [-0.4, -0.2) is 31.3 Å². The Hall–Kier alpha value is -1.87. The summed E-state index contributed by atoms with van der Waals surface area (Å²) in [6.45, 7) is 2.33. The molecule has 0 bridgehead atoms. The summed E-state index contributed by atoms with van der Waals surface area (Å²) in [4.78, 5) is 4.17. The Morgan fingerprint density at radius 2 is 1.81 bits per heavy atom. The van der Waals surface area contributed by atoms with Crippen molar-refractivity contribution in [1.29, 1.82) is 0 Å². The second-order valence-electron chi connectivity index (χ2n) is 6.01. The lowest BCUT2D eigenvalue weighted by atomic mass is 9.96. The van der Waals surface area contributed by atoms with Gasteiger partial charge < -0.3 is 20.9 Å². The van der Waals surface area contributed by atoms with Gasteiger partial charge in [-0.25, -0.2) is 4.39 Å². The first kappa shape index (κ1) is 22.2. The van der Waals surface area contributed by atoms with Crippen LogP contribution in [0, 0.1) is 5.82 Å². The normalized spacial score (nSPS) is 13.5. The maximum absolute atomic E-state index is 13.0. The van der Waals surface area contributed by atoms with Gasteiger partial charge in [0.25, 0.3) is 0 Å². The van der Waals surface area contributed by atoms with Gasteiger partial charge in [-0.3, -0.25) is 4.99 Å². The molecule has 26 heavy (non-hydrogen) atoms. The van der Waals surface area contributed by atoms with Crippen molar-refractivity contribution in [2.45, 2.75) is 18.9 Å². The van der Waals surface area contributed by atoms with Crippen LogP contribution in [0.15, 0.2) is 53.5 Å². The van der Waals surface area contributed by atoms with Gasteiger partial charge in [-0.05, 0) is 48.7 Å². The third-order valence-corrected chi connectivity index (χ3v) is 3.90. The number of nitrogens with zero attached hydrogens (tertiary/aromatic N) is 1. The summed E-state index contributed by atoms with van der Waals surface area (Å²) in [5.74, 6) is 0.736. The molecule has 2 aromatic carbocycles. The molecule has 4 N–H and O–H groups in total. The quantitative estimate of drug-likeness (QED) is 0.328. The van der Waals surface area contributed by atoms with Gasteiger partial charge in [-0.1, -0.05) is 24.3 Å². The highest BCUT2D eigenvalue weighted by Crippen LogP contribution is 2.21. The van der Waals surface area contributed by atoms with E-state index in [4.69, 9.17) is 10.5 Å². The number of guanidine groups is 1. The zero-order valence-electron chi connectivity index (χ0n) is 14.9. The predicted molar refractivity (Wildman–Crippen MR) is 113 cm³/mol.